The summed E-state index contributed by atoms with van der Waals surface area (Å²) < 4.78 is 27.4. The molecular weight excluding hydrogens is 266 g/mol. The molecule has 0 radical (unpaired) electrons. The molecule has 0 nitrogen and oxygen atoms in total. The van der Waals surface area contributed by atoms with Gasteiger partial charge in [0.05, 0.1) is 0 Å². The minimum atomic E-state index is -1.41. The topological polar surface area (TPSA) is 0 Å². The molecule has 2 unspecified atom stereocenters. The predicted octanol–water partition coefficient (Wildman–Crippen LogP) is 6.06. The second-order valence-electron chi connectivity index (χ2n) is 6.92. The molecule has 21 heavy (non-hydrogen) atoms. The van der Waals surface area contributed by atoms with Crippen LogP contribution in [0.5, 0.6) is 0 Å². The summed E-state index contributed by atoms with van der Waals surface area (Å²) in [6, 6.07) is 6.06. The first kappa shape index (κ1) is 15.0. The van der Waals surface area contributed by atoms with Crippen LogP contribution >= 0.6 is 0 Å². The summed E-state index contributed by atoms with van der Waals surface area (Å²) in [6.07, 6.45) is 6.12. The van der Waals surface area contributed by atoms with Crippen LogP contribution in [0.15, 0.2) is 18.2 Å². The van der Waals surface area contributed by atoms with Crippen molar-refractivity contribution < 1.29 is 8.78 Å². The lowest BCUT2D eigenvalue weighted by Gasteiger charge is -2.30. The number of aryl methyl sites for hydroxylation is 1. The smallest absolute Gasteiger partial charge is 0.156 e. The fourth-order valence-corrected chi connectivity index (χ4v) is 4.19. The van der Waals surface area contributed by atoms with E-state index in [9.17, 15) is 8.78 Å². The molecule has 0 saturated heterocycles. The van der Waals surface area contributed by atoms with Crippen molar-refractivity contribution in [2.75, 3.05) is 0 Å². The molecule has 2 aliphatic carbocycles. The Balaban J connectivity index is 1.70. The molecule has 1 fully saturated rings. The molecule has 0 amide bonds. The van der Waals surface area contributed by atoms with Crippen molar-refractivity contribution in [3.63, 3.8) is 0 Å². The van der Waals surface area contributed by atoms with Crippen LogP contribution in [0.3, 0.4) is 0 Å². The number of rotatable bonds is 3. The molecule has 0 heterocycles. The molecule has 116 valence electrons. The largest absolute Gasteiger partial charge is 0.244 e. The minimum absolute atomic E-state index is 0.334. The highest BCUT2D eigenvalue weighted by Crippen LogP contribution is 2.40. The molecule has 0 spiro atoms. The molecule has 3 rings (SSSR count). The Morgan fingerprint density at radius 3 is 2.52 bits per heavy atom. The second kappa shape index (κ2) is 6.46. The summed E-state index contributed by atoms with van der Waals surface area (Å²) >= 11 is 0. The third-order valence-electron chi connectivity index (χ3n) is 5.49. The van der Waals surface area contributed by atoms with Gasteiger partial charge in [0.1, 0.15) is 6.17 Å². The van der Waals surface area contributed by atoms with Gasteiger partial charge in [0.2, 0.25) is 0 Å². The zero-order chi connectivity index (χ0) is 14.8. The van der Waals surface area contributed by atoms with Gasteiger partial charge < -0.3 is 0 Å². The summed E-state index contributed by atoms with van der Waals surface area (Å²) in [5.41, 5.74) is 3.00. The number of benzene rings is 1. The first-order valence-electron chi connectivity index (χ1n) is 8.60. The first-order chi connectivity index (χ1) is 10.2. The molecular formula is C19H26F2. The highest BCUT2D eigenvalue weighted by molar-refractivity contribution is 5.37. The van der Waals surface area contributed by atoms with Gasteiger partial charge in [-0.05, 0) is 67.1 Å². The van der Waals surface area contributed by atoms with E-state index in [1.807, 2.05) is 12.1 Å². The van der Waals surface area contributed by atoms with Crippen LogP contribution in [0.4, 0.5) is 8.78 Å². The van der Waals surface area contributed by atoms with Crippen LogP contribution in [-0.2, 0) is 6.42 Å². The molecule has 1 saturated carbocycles. The molecule has 0 bridgehead atoms. The number of hydrogen-bond donors (Lipinski definition) is 0. The van der Waals surface area contributed by atoms with Gasteiger partial charge in [0, 0.05) is 0 Å². The van der Waals surface area contributed by atoms with Crippen LogP contribution in [0, 0.1) is 5.92 Å². The van der Waals surface area contributed by atoms with E-state index in [1.165, 1.54) is 44.1 Å². The molecule has 1 aromatic rings. The SMILES string of the molecule is CCCC1CCC(c2ccc3c(c2)CCC(F)C3F)CC1. The van der Waals surface area contributed by atoms with Crippen LogP contribution in [0.2, 0.25) is 0 Å². The molecule has 2 atom stereocenters. The molecule has 1 aromatic carbocycles. The van der Waals surface area contributed by atoms with E-state index >= 15 is 0 Å². The van der Waals surface area contributed by atoms with Crippen LogP contribution in [0.25, 0.3) is 0 Å². The lowest BCUT2D eigenvalue weighted by atomic mass is 9.76. The van der Waals surface area contributed by atoms with Gasteiger partial charge in [0.15, 0.2) is 6.17 Å². The van der Waals surface area contributed by atoms with E-state index in [0.717, 1.165) is 11.5 Å². The minimum Gasteiger partial charge on any atom is -0.244 e. The highest BCUT2D eigenvalue weighted by atomic mass is 19.2. The molecule has 2 aliphatic rings. The summed E-state index contributed by atoms with van der Waals surface area (Å²) in [6.45, 7) is 2.26. The standard InChI is InChI=1S/C19H26F2/c1-2-3-13-4-6-14(7-5-13)15-8-10-17-16(12-15)9-11-18(20)19(17)21/h8,10,12-14,18-19H,2-7,9,11H2,1H3. The normalized spacial score (nSPS) is 32.7. The lowest BCUT2D eigenvalue weighted by molar-refractivity contribution is 0.148. The van der Waals surface area contributed by atoms with E-state index < -0.39 is 12.3 Å². The number of fused-ring (bicyclic) bond motifs is 1. The zero-order valence-corrected chi connectivity index (χ0v) is 13.0. The summed E-state index contributed by atoms with van der Waals surface area (Å²) in [5.74, 6) is 1.54. The van der Waals surface area contributed by atoms with Crippen molar-refractivity contribution in [3.05, 3.63) is 34.9 Å². The average molecular weight is 292 g/mol. The maximum atomic E-state index is 13.9. The van der Waals surface area contributed by atoms with Gasteiger partial charge in [-0.15, -0.1) is 0 Å². The predicted molar refractivity (Wildman–Crippen MR) is 83.1 cm³/mol. The number of halogens is 2. The first-order valence-corrected chi connectivity index (χ1v) is 8.60. The molecule has 0 aromatic heterocycles. The fourth-order valence-electron chi connectivity index (χ4n) is 4.19. The van der Waals surface area contributed by atoms with Gasteiger partial charge in [-0.2, -0.15) is 0 Å². The Bertz CT molecular complexity index is 474. The van der Waals surface area contributed by atoms with E-state index in [4.69, 9.17) is 0 Å². The number of alkyl halides is 2. The van der Waals surface area contributed by atoms with E-state index in [-0.39, 0.29) is 0 Å². The van der Waals surface area contributed by atoms with Crippen LogP contribution in [0.1, 0.15) is 80.6 Å². The van der Waals surface area contributed by atoms with Crippen molar-refractivity contribution in [2.24, 2.45) is 5.92 Å². The zero-order valence-electron chi connectivity index (χ0n) is 13.0. The maximum absolute atomic E-state index is 13.9. The van der Waals surface area contributed by atoms with Crippen molar-refractivity contribution in [1.82, 2.24) is 0 Å². The van der Waals surface area contributed by atoms with Crippen LogP contribution in [-0.4, -0.2) is 6.17 Å². The fraction of sp³-hybridized carbons (Fsp3) is 0.684. The van der Waals surface area contributed by atoms with Crippen molar-refractivity contribution in [2.45, 2.75) is 76.6 Å². The summed E-state index contributed by atoms with van der Waals surface area (Å²) in [5, 5.41) is 0. The summed E-state index contributed by atoms with van der Waals surface area (Å²) in [4.78, 5) is 0. The van der Waals surface area contributed by atoms with Crippen molar-refractivity contribution in [1.29, 1.82) is 0 Å². The van der Waals surface area contributed by atoms with Gasteiger partial charge in [-0.3, -0.25) is 0 Å². The lowest BCUT2D eigenvalue weighted by Crippen LogP contribution is -2.19. The van der Waals surface area contributed by atoms with Gasteiger partial charge in [-0.1, -0.05) is 38.0 Å². The quantitative estimate of drug-likeness (QED) is 0.635. The Morgan fingerprint density at radius 1 is 1.05 bits per heavy atom. The van der Waals surface area contributed by atoms with Crippen molar-refractivity contribution >= 4 is 0 Å². The second-order valence-corrected chi connectivity index (χ2v) is 6.92. The summed E-state index contributed by atoms with van der Waals surface area (Å²) in [7, 11) is 0. The molecule has 0 N–H and O–H groups in total. The van der Waals surface area contributed by atoms with Crippen molar-refractivity contribution in [3.8, 4) is 0 Å². The maximum Gasteiger partial charge on any atom is 0.156 e. The third-order valence-corrected chi connectivity index (χ3v) is 5.49. The third kappa shape index (κ3) is 3.14. The monoisotopic (exact) mass is 292 g/mol. The van der Waals surface area contributed by atoms with Gasteiger partial charge in [0.25, 0.3) is 0 Å². The highest BCUT2D eigenvalue weighted by Gasteiger charge is 2.30. The van der Waals surface area contributed by atoms with Crippen LogP contribution < -0.4 is 0 Å². The molecule has 0 aliphatic heterocycles. The molecule has 2 heteroatoms. The average Bonchev–Trinajstić information content (AvgIpc) is 2.52. The van der Waals surface area contributed by atoms with Gasteiger partial charge in [-0.25, -0.2) is 8.78 Å². The van der Waals surface area contributed by atoms with E-state index in [1.54, 1.807) is 0 Å². The Hall–Kier alpha value is -0.920. The number of hydrogen-bond acceptors (Lipinski definition) is 0. The Kier molecular flexibility index (Phi) is 4.61. The Labute approximate surface area is 126 Å². The van der Waals surface area contributed by atoms with Gasteiger partial charge >= 0.3 is 0 Å². The Morgan fingerprint density at radius 2 is 1.81 bits per heavy atom. The van der Waals surface area contributed by atoms with E-state index in [0.29, 0.717) is 24.3 Å². The van der Waals surface area contributed by atoms with E-state index in [2.05, 4.69) is 13.0 Å².